The summed E-state index contributed by atoms with van der Waals surface area (Å²) in [6.07, 6.45) is 0. The number of aryl methyl sites for hydroxylation is 1. The fourth-order valence-electron chi connectivity index (χ4n) is 1.54. The molecule has 0 unspecified atom stereocenters. The van der Waals surface area contributed by atoms with Crippen LogP contribution < -0.4 is 5.32 Å². The molecule has 0 spiro atoms. The number of nitrogens with zero attached hydrogens (tertiary/aromatic N) is 2. The molecule has 0 heterocycles. The summed E-state index contributed by atoms with van der Waals surface area (Å²) < 4.78 is 25.8. The zero-order valence-corrected chi connectivity index (χ0v) is 11.9. The average Bonchev–Trinajstić information content (AvgIpc) is 2.35. The second-order valence-corrected chi connectivity index (χ2v) is 6.15. The van der Waals surface area contributed by atoms with Crippen molar-refractivity contribution >= 4 is 15.7 Å². The third-order valence-electron chi connectivity index (χ3n) is 2.75. The lowest BCUT2D eigenvalue weighted by Crippen LogP contribution is -2.33. The molecule has 0 saturated carbocycles. The number of benzene rings is 1. The lowest BCUT2D eigenvalue weighted by molar-refractivity contribution is -0.385. The lowest BCUT2D eigenvalue weighted by atomic mass is 10.2. The number of nitro groups is 1. The molecule has 7 nitrogen and oxygen atoms in total. The van der Waals surface area contributed by atoms with Crippen molar-refractivity contribution in [1.82, 2.24) is 9.62 Å². The average molecular weight is 287 g/mol. The van der Waals surface area contributed by atoms with Gasteiger partial charge in [-0.2, -0.15) is 4.31 Å². The zero-order chi connectivity index (χ0) is 14.6. The third-order valence-corrected chi connectivity index (χ3v) is 4.75. The summed E-state index contributed by atoms with van der Waals surface area (Å²) in [4.78, 5) is 10.1. The molecule has 1 rings (SSSR count). The van der Waals surface area contributed by atoms with Crippen molar-refractivity contribution in [3.63, 3.8) is 0 Å². The van der Waals surface area contributed by atoms with Gasteiger partial charge in [-0.1, -0.05) is 6.07 Å². The van der Waals surface area contributed by atoms with Gasteiger partial charge in [0.15, 0.2) is 0 Å². The van der Waals surface area contributed by atoms with Crippen LogP contribution in [0.1, 0.15) is 5.56 Å². The molecule has 19 heavy (non-hydrogen) atoms. The Kier molecular flexibility index (Phi) is 4.98. The molecule has 1 aromatic carbocycles. The number of non-ortho nitro benzene ring substituents is 1. The molecule has 0 radical (unpaired) electrons. The molecule has 8 heteroatoms. The van der Waals surface area contributed by atoms with Gasteiger partial charge in [0.1, 0.15) is 0 Å². The minimum absolute atomic E-state index is 0.0275. The molecule has 0 aromatic heterocycles. The molecular formula is C11H17N3O4S. The number of rotatable bonds is 6. The standard InChI is InChI=1S/C11H17N3O4S/c1-9-4-5-10(14(15)16)8-11(9)19(17,18)13(3)7-6-12-2/h4-5,8,12H,6-7H2,1-3H3. The van der Waals surface area contributed by atoms with E-state index in [0.29, 0.717) is 18.7 Å². The van der Waals surface area contributed by atoms with Crippen LogP contribution in [0.15, 0.2) is 23.1 Å². The van der Waals surface area contributed by atoms with E-state index in [2.05, 4.69) is 5.32 Å². The van der Waals surface area contributed by atoms with Gasteiger partial charge in [-0.3, -0.25) is 10.1 Å². The number of nitro benzene ring substituents is 1. The van der Waals surface area contributed by atoms with E-state index in [1.165, 1.54) is 23.5 Å². The highest BCUT2D eigenvalue weighted by molar-refractivity contribution is 7.89. The van der Waals surface area contributed by atoms with Crippen LogP contribution in [0.25, 0.3) is 0 Å². The summed E-state index contributed by atoms with van der Waals surface area (Å²) in [5.41, 5.74) is 0.257. The van der Waals surface area contributed by atoms with Crippen LogP contribution in [0, 0.1) is 17.0 Å². The first kappa shape index (κ1) is 15.5. The molecule has 0 aliphatic carbocycles. The van der Waals surface area contributed by atoms with Crippen LogP contribution in [0.3, 0.4) is 0 Å². The lowest BCUT2D eigenvalue weighted by Gasteiger charge is -2.18. The molecule has 0 atom stereocenters. The van der Waals surface area contributed by atoms with Gasteiger partial charge < -0.3 is 5.32 Å². The van der Waals surface area contributed by atoms with E-state index in [1.807, 2.05) is 0 Å². The minimum atomic E-state index is -3.71. The van der Waals surface area contributed by atoms with E-state index in [1.54, 1.807) is 14.0 Å². The van der Waals surface area contributed by atoms with Crippen molar-refractivity contribution in [2.45, 2.75) is 11.8 Å². The van der Waals surface area contributed by atoms with Gasteiger partial charge in [0.05, 0.1) is 9.82 Å². The molecule has 0 bridgehead atoms. The number of nitrogens with one attached hydrogen (secondary N) is 1. The van der Waals surface area contributed by atoms with E-state index >= 15 is 0 Å². The maximum absolute atomic E-state index is 12.3. The minimum Gasteiger partial charge on any atom is -0.318 e. The van der Waals surface area contributed by atoms with E-state index < -0.39 is 14.9 Å². The molecule has 0 amide bonds. The van der Waals surface area contributed by atoms with Gasteiger partial charge in [-0.05, 0) is 19.5 Å². The summed E-state index contributed by atoms with van der Waals surface area (Å²) in [6, 6.07) is 3.83. The summed E-state index contributed by atoms with van der Waals surface area (Å²) in [7, 11) is -0.538. The molecule has 106 valence electrons. The predicted molar refractivity (Wildman–Crippen MR) is 71.6 cm³/mol. The smallest absolute Gasteiger partial charge is 0.270 e. The fourth-order valence-corrected chi connectivity index (χ4v) is 2.95. The van der Waals surface area contributed by atoms with Crippen molar-refractivity contribution in [2.75, 3.05) is 27.2 Å². The first-order valence-corrected chi connectivity index (χ1v) is 7.10. The molecule has 0 saturated heterocycles. The van der Waals surface area contributed by atoms with E-state index in [0.717, 1.165) is 6.07 Å². The maximum atomic E-state index is 12.3. The quantitative estimate of drug-likeness (QED) is 0.615. The summed E-state index contributed by atoms with van der Waals surface area (Å²) in [6.45, 7) is 2.41. The predicted octanol–water partition coefficient (Wildman–Crippen LogP) is 0.743. The Balaban J connectivity index is 3.20. The normalized spacial score (nSPS) is 11.8. The maximum Gasteiger partial charge on any atom is 0.270 e. The highest BCUT2D eigenvalue weighted by atomic mass is 32.2. The number of sulfonamides is 1. The Morgan fingerprint density at radius 2 is 2.05 bits per heavy atom. The van der Waals surface area contributed by atoms with Crippen LogP contribution in [-0.2, 0) is 10.0 Å². The van der Waals surface area contributed by atoms with Crippen LogP contribution in [0.2, 0.25) is 0 Å². The van der Waals surface area contributed by atoms with Gasteiger partial charge >= 0.3 is 0 Å². The molecule has 1 N–H and O–H groups in total. The number of hydrogen-bond acceptors (Lipinski definition) is 5. The van der Waals surface area contributed by atoms with E-state index in [-0.39, 0.29) is 10.6 Å². The van der Waals surface area contributed by atoms with Gasteiger partial charge in [0.2, 0.25) is 10.0 Å². The first-order chi connectivity index (χ1) is 8.80. The van der Waals surface area contributed by atoms with Crippen molar-refractivity contribution in [2.24, 2.45) is 0 Å². The van der Waals surface area contributed by atoms with E-state index in [9.17, 15) is 18.5 Å². The van der Waals surface area contributed by atoms with Crippen molar-refractivity contribution in [3.8, 4) is 0 Å². The van der Waals surface area contributed by atoms with Crippen LogP contribution in [-0.4, -0.2) is 44.8 Å². The Hall–Kier alpha value is -1.51. The fraction of sp³-hybridized carbons (Fsp3) is 0.455. The highest BCUT2D eigenvalue weighted by Crippen LogP contribution is 2.23. The van der Waals surface area contributed by atoms with Gasteiger partial charge in [0.25, 0.3) is 5.69 Å². The topological polar surface area (TPSA) is 92.6 Å². The van der Waals surface area contributed by atoms with Crippen LogP contribution in [0.4, 0.5) is 5.69 Å². The van der Waals surface area contributed by atoms with Gasteiger partial charge in [-0.15, -0.1) is 0 Å². The Morgan fingerprint density at radius 3 is 2.58 bits per heavy atom. The summed E-state index contributed by atoms with van der Waals surface area (Å²) in [5, 5.41) is 13.6. The zero-order valence-electron chi connectivity index (χ0n) is 11.1. The largest absolute Gasteiger partial charge is 0.318 e. The van der Waals surface area contributed by atoms with Crippen LogP contribution in [0.5, 0.6) is 0 Å². The molecule has 0 aliphatic rings. The molecule has 1 aromatic rings. The number of likely N-dealkylation sites (N-methyl/N-ethyl adjacent to an activating group) is 2. The van der Waals surface area contributed by atoms with Crippen LogP contribution >= 0.6 is 0 Å². The van der Waals surface area contributed by atoms with Crippen molar-refractivity contribution in [3.05, 3.63) is 33.9 Å². The molecule has 0 aliphatic heterocycles. The second kappa shape index (κ2) is 6.09. The molecular weight excluding hydrogens is 270 g/mol. The highest BCUT2D eigenvalue weighted by Gasteiger charge is 2.24. The first-order valence-electron chi connectivity index (χ1n) is 5.66. The second-order valence-electron chi connectivity index (χ2n) is 4.14. The SMILES string of the molecule is CNCCN(C)S(=O)(=O)c1cc([N+](=O)[O-])ccc1C. The summed E-state index contributed by atoms with van der Waals surface area (Å²) in [5.74, 6) is 0. The third kappa shape index (κ3) is 3.49. The Bertz CT molecular complexity index is 571. The van der Waals surface area contributed by atoms with Gasteiger partial charge in [-0.25, -0.2) is 8.42 Å². The Morgan fingerprint density at radius 1 is 1.42 bits per heavy atom. The monoisotopic (exact) mass is 287 g/mol. The van der Waals surface area contributed by atoms with Crippen molar-refractivity contribution in [1.29, 1.82) is 0 Å². The van der Waals surface area contributed by atoms with Gasteiger partial charge in [0, 0.05) is 32.3 Å². The number of hydrogen-bond donors (Lipinski definition) is 1. The molecule has 0 fully saturated rings. The van der Waals surface area contributed by atoms with E-state index in [4.69, 9.17) is 0 Å². The summed E-state index contributed by atoms with van der Waals surface area (Å²) >= 11 is 0. The Labute approximate surface area is 112 Å². The van der Waals surface area contributed by atoms with Crippen molar-refractivity contribution < 1.29 is 13.3 Å².